The van der Waals surface area contributed by atoms with Gasteiger partial charge in [0.25, 0.3) is 0 Å². The summed E-state index contributed by atoms with van der Waals surface area (Å²) in [6.07, 6.45) is 9.94. The zero-order chi connectivity index (χ0) is 45.6. The molecule has 2 heteroatoms. The maximum atomic E-state index is 2.54. The van der Waals surface area contributed by atoms with Crippen molar-refractivity contribution in [3.63, 3.8) is 0 Å². The van der Waals surface area contributed by atoms with Crippen molar-refractivity contribution < 1.29 is 0 Å². The van der Waals surface area contributed by atoms with E-state index in [-0.39, 0.29) is 11.0 Å². The van der Waals surface area contributed by atoms with Crippen LogP contribution in [-0.4, -0.2) is 4.57 Å². The van der Waals surface area contributed by atoms with Crippen LogP contribution in [0.15, 0.2) is 237 Å². The summed E-state index contributed by atoms with van der Waals surface area (Å²) in [6.45, 7) is 7.07. The largest absolute Gasteiger partial charge is 0.331 e. The Balaban J connectivity index is 0.931. The molecule has 10 aromatic carbocycles. The van der Waals surface area contributed by atoms with Gasteiger partial charge in [0.15, 0.2) is 0 Å². The number of fused-ring (bicyclic) bond motifs is 9. The molecule has 11 aromatic rings. The minimum atomic E-state index is -0.137. The predicted octanol–water partition coefficient (Wildman–Crippen LogP) is 18.1. The van der Waals surface area contributed by atoms with Crippen LogP contribution in [0.2, 0.25) is 0 Å². The summed E-state index contributed by atoms with van der Waals surface area (Å²) in [5.74, 6) is 0. The number of rotatable bonds is 7. The van der Waals surface area contributed by atoms with Gasteiger partial charge in [-0.25, -0.2) is 0 Å². The summed E-state index contributed by atoms with van der Waals surface area (Å²) in [7, 11) is 0. The van der Waals surface area contributed by atoms with Crippen LogP contribution in [-0.2, 0) is 11.0 Å². The van der Waals surface area contributed by atoms with E-state index in [4.69, 9.17) is 0 Å². The lowest BCUT2D eigenvalue weighted by Gasteiger charge is -2.31. The molecule has 0 saturated carbocycles. The molecule has 0 saturated heterocycles. The number of nitrogens with zero attached hydrogens (tertiary/aromatic N) is 2. The van der Waals surface area contributed by atoms with Gasteiger partial charge in [-0.05, 0) is 140 Å². The van der Waals surface area contributed by atoms with Crippen molar-refractivity contribution in [1.82, 2.24) is 4.57 Å². The Morgan fingerprint density at radius 3 is 1.84 bits per heavy atom. The van der Waals surface area contributed by atoms with Crippen LogP contribution in [0.5, 0.6) is 0 Å². The van der Waals surface area contributed by atoms with E-state index in [1.54, 1.807) is 0 Å². The number of anilines is 3. The van der Waals surface area contributed by atoms with Crippen LogP contribution < -0.4 is 4.90 Å². The molecule has 2 nitrogen and oxygen atoms in total. The van der Waals surface area contributed by atoms with Crippen molar-refractivity contribution in [2.24, 2.45) is 0 Å². The molecule has 0 amide bonds. The van der Waals surface area contributed by atoms with E-state index >= 15 is 0 Å². The van der Waals surface area contributed by atoms with E-state index < -0.39 is 0 Å². The van der Waals surface area contributed by atoms with Gasteiger partial charge in [0, 0.05) is 44.2 Å². The maximum absolute atomic E-state index is 2.54. The quantitative estimate of drug-likeness (QED) is 0.145. The predicted molar refractivity (Wildman–Crippen MR) is 290 cm³/mol. The third-order valence-electron chi connectivity index (χ3n) is 15.1. The Kier molecular flexibility index (Phi) is 9.11. The second kappa shape index (κ2) is 15.4. The minimum Gasteiger partial charge on any atom is -0.331 e. The topological polar surface area (TPSA) is 8.17 Å². The molecule has 1 atom stereocenters. The Labute approximate surface area is 398 Å². The second-order valence-corrected chi connectivity index (χ2v) is 19.5. The van der Waals surface area contributed by atoms with Crippen molar-refractivity contribution in [2.75, 3.05) is 4.90 Å². The summed E-state index contributed by atoms with van der Waals surface area (Å²) < 4.78 is 2.54. The van der Waals surface area contributed by atoms with E-state index in [2.05, 4.69) is 267 Å². The third-order valence-corrected chi connectivity index (χ3v) is 15.1. The molecule has 68 heavy (non-hydrogen) atoms. The Bertz CT molecular complexity index is 3860. The van der Waals surface area contributed by atoms with Gasteiger partial charge in [-0.3, -0.25) is 0 Å². The van der Waals surface area contributed by atoms with Gasteiger partial charge >= 0.3 is 0 Å². The fourth-order valence-corrected chi connectivity index (χ4v) is 11.7. The van der Waals surface area contributed by atoms with E-state index in [0.717, 1.165) is 23.5 Å². The summed E-state index contributed by atoms with van der Waals surface area (Å²) in [5, 5.41) is 7.65. The first-order valence-corrected chi connectivity index (χ1v) is 24.0. The SMILES string of the molecule is CC1(C)c2ccccc2-c2ccc(-c3ccccc3N(c3ccc(-c4ccc5c(c4)c4ccccc4n5C4(C)C=CC=CC4)cc3)c3ccc(-c4cccc5c4ccc4ccccc45)cc3)cc21. The summed E-state index contributed by atoms with van der Waals surface area (Å²) in [4.78, 5) is 2.44. The van der Waals surface area contributed by atoms with Crippen molar-refractivity contribution in [2.45, 2.75) is 38.1 Å². The highest BCUT2D eigenvalue weighted by molar-refractivity contribution is 6.12. The lowest BCUT2D eigenvalue weighted by Crippen LogP contribution is -2.27. The molecule has 0 spiro atoms. The molecule has 1 unspecified atom stereocenters. The van der Waals surface area contributed by atoms with Crippen molar-refractivity contribution in [3.8, 4) is 44.5 Å². The summed E-state index contributed by atoms with van der Waals surface area (Å²) >= 11 is 0. The van der Waals surface area contributed by atoms with E-state index in [1.165, 1.54) is 99.0 Å². The zero-order valence-corrected chi connectivity index (χ0v) is 38.6. The fourth-order valence-electron chi connectivity index (χ4n) is 11.7. The van der Waals surface area contributed by atoms with Gasteiger partial charge in [-0.2, -0.15) is 0 Å². The summed E-state index contributed by atoms with van der Waals surface area (Å²) in [6, 6.07) is 79.1. The highest BCUT2D eigenvalue weighted by atomic mass is 15.1. The molecule has 2 aliphatic carbocycles. The Hall–Kier alpha value is -8.20. The highest BCUT2D eigenvalue weighted by Crippen LogP contribution is 2.51. The van der Waals surface area contributed by atoms with Gasteiger partial charge in [-0.1, -0.05) is 196 Å². The van der Waals surface area contributed by atoms with Gasteiger partial charge in [0.05, 0.1) is 11.2 Å². The van der Waals surface area contributed by atoms with E-state index in [1.807, 2.05) is 0 Å². The zero-order valence-electron chi connectivity index (χ0n) is 38.6. The standard InChI is InChI=1S/C66H50N2/c1-65(2)60-23-10-7-19-56(60)57-38-31-48(43-61(57)65)53-18-8-11-24-62(53)67(50-35-28-46(29-36-50)52-21-15-22-54-51-17-6-5-16-45(51)30-37-55(52)54)49-33-26-44(27-34-49)47-32-39-64-59(42-47)58-20-9-12-25-63(58)68(64)66(3)40-13-4-14-41-66/h4-40,42-43H,41H2,1-3H3. The van der Waals surface area contributed by atoms with E-state index in [9.17, 15) is 0 Å². The van der Waals surface area contributed by atoms with Gasteiger partial charge < -0.3 is 9.47 Å². The lowest BCUT2D eigenvalue weighted by molar-refractivity contribution is 0.437. The molecule has 0 N–H and O–H groups in total. The Morgan fingerprint density at radius 2 is 1.03 bits per heavy atom. The van der Waals surface area contributed by atoms with Crippen molar-refractivity contribution in [1.29, 1.82) is 0 Å². The highest BCUT2D eigenvalue weighted by Gasteiger charge is 2.35. The Morgan fingerprint density at radius 1 is 0.397 bits per heavy atom. The van der Waals surface area contributed by atoms with Crippen molar-refractivity contribution in [3.05, 3.63) is 248 Å². The van der Waals surface area contributed by atoms with Crippen molar-refractivity contribution >= 4 is 60.4 Å². The molecule has 0 radical (unpaired) electrons. The number of hydrogen-bond acceptors (Lipinski definition) is 1. The number of para-hydroxylation sites is 2. The number of benzene rings is 10. The third kappa shape index (κ3) is 6.25. The molecule has 1 heterocycles. The molecule has 0 fully saturated rings. The molecule has 2 aliphatic rings. The maximum Gasteiger partial charge on any atom is 0.0643 e. The monoisotopic (exact) mass is 870 g/mol. The average Bonchev–Trinajstić information content (AvgIpc) is 3.85. The van der Waals surface area contributed by atoms with Crippen LogP contribution in [0.4, 0.5) is 17.1 Å². The molecular weight excluding hydrogens is 821 g/mol. The number of aromatic nitrogens is 1. The van der Waals surface area contributed by atoms with Gasteiger partial charge in [0.1, 0.15) is 0 Å². The first-order valence-electron chi connectivity index (χ1n) is 24.0. The van der Waals surface area contributed by atoms with E-state index in [0.29, 0.717) is 0 Å². The molecule has 0 bridgehead atoms. The molecule has 324 valence electrons. The minimum absolute atomic E-state index is 0.101. The van der Waals surface area contributed by atoms with Crippen LogP contribution >= 0.6 is 0 Å². The fraction of sp³-hybridized carbons (Fsp3) is 0.0909. The van der Waals surface area contributed by atoms with Crippen LogP contribution in [0.1, 0.15) is 38.3 Å². The molecule has 13 rings (SSSR count). The van der Waals surface area contributed by atoms with Crippen LogP contribution in [0.25, 0.3) is 87.9 Å². The molecule has 1 aromatic heterocycles. The van der Waals surface area contributed by atoms with Crippen LogP contribution in [0, 0.1) is 0 Å². The summed E-state index contributed by atoms with van der Waals surface area (Å²) in [5.41, 5.74) is 18.3. The number of allylic oxidation sites excluding steroid dienone is 4. The first-order chi connectivity index (χ1) is 33.3. The smallest absolute Gasteiger partial charge is 0.0643 e. The van der Waals surface area contributed by atoms with Crippen LogP contribution in [0.3, 0.4) is 0 Å². The average molecular weight is 871 g/mol. The van der Waals surface area contributed by atoms with Gasteiger partial charge in [0.2, 0.25) is 0 Å². The molecule has 0 aliphatic heterocycles. The normalized spacial score (nSPS) is 15.9. The first kappa shape index (κ1) is 40.1. The van der Waals surface area contributed by atoms with Gasteiger partial charge in [-0.15, -0.1) is 0 Å². The number of hydrogen-bond donors (Lipinski definition) is 0. The lowest BCUT2D eigenvalue weighted by atomic mass is 9.81. The molecular formula is C66H50N2. The second-order valence-electron chi connectivity index (χ2n) is 19.5.